The molecule has 0 radical (unpaired) electrons. The number of esters is 1. The first-order chi connectivity index (χ1) is 11.7. The highest BCUT2D eigenvalue weighted by molar-refractivity contribution is 8.01. The number of rotatable bonds is 6. The van der Waals surface area contributed by atoms with Crippen molar-refractivity contribution in [1.29, 1.82) is 0 Å². The van der Waals surface area contributed by atoms with Gasteiger partial charge in [-0.2, -0.15) is 0 Å². The van der Waals surface area contributed by atoms with Crippen molar-refractivity contribution in [2.75, 3.05) is 0 Å². The van der Waals surface area contributed by atoms with Gasteiger partial charge in [-0.1, -0.05) is 72.4 Å². The number of ether oxygens (including phenoxy) is 1. The third-order valence-electron chi connectivity index (χ3n) is 3.27. The molecule has 0 saturated carbocycles. The fraction of sp³-hybridized carbons (Fsp3) is 0.300. The zero-order valence-corrected chi connectivity index (χ0v) is 15.3. The van der Waals surface area contributed by atoms with Crippen LogP contribution >= 0.6 is 11.8 Å². The largest absolute Gasteiger partial charge is 0.457 e. The molecule has 0 amide bonds. The molecule has 0 aromatic heterocycles. The average Bonchev–Trinajstić information content (AvgIpc) is 2.59. The molecule has 3 nitrogen and oxygen atoms in total. The molecule has 0 aliphatic rings. The molecule has 2 rings (SSSR count). The summed E-state index contributed by atoms with van der Waals surface area (Å²) in [7, 11) is 0. The molecule has 0 aliphatic carbocycles. The molecule has 0 fully saturated rings. The fourth-order valence-corrected chi connectivity index (χ4v) is 3.06. The van der Waals surface area contributed by atoms with Crippen LogP contribution in [0.4, 0.5) is 4.39 Å². The third kappa shape index (κ3) is 5.16. The number of Topliss-reactive ketones (excluding diaryl/α,β-unsaturated/α-hetero) is 1. The minimum Gasteiger partial charge on any atom is -0.457 e. The molecule has 0 N–H and O–H groups in total. The van der Waals surface area contributed by atoms with Crippen molar-refractivity contribution < 1.29 is 18.7 Å². The molecule has 25 heavy (non-hydrogen) atoms. The fourth-order valence-electron chi connectivity index (χ4n) is 2.09. The molecule has 0 aliphatic heterocycles. The van der Waals surface area contributed by atoms with Crippen molar-refractivity contribution in [3.63, 3.8) is 0 Å². The van der Waals surface area contributed by atoms with Crippen molar-refractivity contribution in [2.45, 2.75) is 37.1 Å². The molecule has 2 aromatic rings. The van der Waals surface area contributed by atoms with Crippen LogP contribution in [0.3, 0.4) is 0 Å². The summed E-state index contributed by atoms with van der Waals surface area (Å²) in [6.07, 6.45) is 0. The molecular formula is C20H21FO3S. The second-order valence-corrected chi connectivity index (χ2v) is 7.71. The maximum atomic E-state index is 15.6. The Bertz CT molecular complexity index is 726. The van der Waals surface area contributed by atoms with E-state index >= 15 is 4.39 Å². The Morgan fingerprint density at radius 2 is 1.48 bits per heavy atom. The van der Waals surface area contributed by atoms with Crippen LogP contribution < -0.4 is 0 Å². The maximum Gasteiger partial charge on any atom is 0.363 e. The summed E-state index contributed by atoms with van der Waals surface area (Å²) in [5.74, 6) is -1.90. The summed E-state index contributed by atoms with van der Waals surface area (Å²) in [5.41, 5.74) is 0.0639. The molecule has 0 heterocycles. The number of alkyl halides is 1. The number of halogens is 1. The normalized spacial score (nSPS) is 13.8. The molecule has 0 unspecified atom stereocenters. The van der Waals surface area contributed by atoms with Gasteiger partial charge in [0.15, 0.2) is 0 Å². The molecule has 0 saturated heterocycles. The van der Waals surface area contributed by atoms with E-state index in [9.17, 15) is 9.59 Å². The molecular weight excluding hydrogens is 339 g/mol. The third-order valence-corrected chi connectivity index (χ3v) is 4.50. The lowest BCUT2D eigenvalue weighted by atomic mass is 10.1. The highest BCUT2D eigenvalue weighted by Crippen LogP contribution is 2.36. The van der Waals surface area contributed by atoms with E-state index in [4.69, 9.17) is 4.74 Å². The van der Waals surface area contributed by atoms with Gasteiger partial charge in [0.2, 0.25) is 5.78 Å². The number of hydrogen-bond acceptors (Lipinski definition) is 4. The van der Waals surface area contributed by atoms with Gasteiger partial charge in [-0.05, 0) is 26.3 Å². The number of thioether (sulfide) groups is 1. The lowest BCUT2D eigenvalue weighted by Gasteiger charge is -2.27. The standard InChI is InChI=1S/C20H21FO3S/c1-19(2,3)24-18(23)20(21,17(22)16-12-8-5-9-13-16)25-14-15-10-6-4-7-11-15/h4-13H,14H2,1-3H3/t20-/m0/s1. The molecule has 1 atom stereocenters. The average molecular weight is 360 g/mol. The van der Waals surface area contributed by atoms with E-state index in [1.54, 1.807) is 39.0 Å². The lowest BCUT2D eigenvalue weighted by molar-refractivity contribution is -0.160. The smallest absolute Gasteiger partial charge is 0.363 e. The van der Waals surface area contributed by atoms with Crippen LogP contribution in [0, 0.1) is 0 Å². The van der Waals surface area contributed by atoms with E-state index < -0.39 is 22.4 Å². The van der Waals surface area contributed by atoms with Crippen LogP contribution in [0.5, 0.6) is 0 Å². The number of carbonyl (C=O) groups is 2. The Morgan fingerprint density at radius 3 is 2.00 bits per heavy atom. The van der Waals surface area contributed by atoms with Gasteiger partial charge >= 0.3 is 11.0 Å². The number of carbonyl (C=O) groups excluding carboxylic acids is 2. The highest BCUT2D eigenvalue weighted by atomic mass is 32.2. The Labute approximate surface area is 151 Å². The molecule has 0 spiro atoms. The van der Waals surface area contributed by atoms with Gasteiger partial charge in [0.1, 0.15) is 5.60 Å². The van der Waals surface area contributed by atoms with Gasteiger partial charge in [0.25, 0.3) is 0 Å². The van der Waals surface area contributed by atoms with Crippen LogP contribution in [-0.4, -0.2) is 22.4 Å². The molecule has 132 valence electrons. The van der Waals surface area contributed by atoms with Crippen LogP contribution in [0.15, 0.2) is 60.7 Å². The summed E-state index contributed by atoms with van der Waals surface area (Å²) in [5, 5.41) is -2.80. The van der Waals surface area contributed by atoms with Crippen molar-refractivity contribution in [2.24, 2.45) is 0 Å². The molecule has 0 bridgehead atoms. The van der Waals surface area contributed by atoms with Crippen molar-refractivity contribution in [3.05, 3.63) is 71.8 Å². The Kier molecular flexibility index (Phi) is 6.01. The van der Waals surface area contributed by atoms with Gasteiger partial charge in [0, 0.05) is 11.3 Å². The number of hydrogen-bond donors (Lipinski definition) is 0. The van der Waals surface area contributed by atoms with E-state index in [-0.39, 0.29) is 11.3 Å². The predicted octanol–water partition coefficient (Wildman–Crippen LogP) is 4.81. The first kappa shape index (κ1) is 19.2. The topological polar surface area (TPSA) is 43.4 Å². The van der Waals surface area contributed by atoms with Crippen LogP contribution in [0.2, 0.25) is 0 Å². The first-order valence-corrected chi connectivity index (χ1v) is 8.91. The monoisotopic (exact) mass is 360 g/mol. The quantitative estimate of drug-likeness (QED) is 0.421. The minimum absolute atomic E-state index is 0.136. The summed E-state index contributed by atoms with van der Waals surface area (Å²) < 4.78 is 20.8. The second kappa shape index (κ2) is 7.83. The Hall–Kier alpha value is -2.14. The first-order valence-electron chi connectivity index (χ1n) is 7.92. The zero-order chi connectivity index (χ0) is 18.5. The summed E-state index contributed by atoms with van der Waals surface area (Å²) in [6.45, 7) is 4.92. The number of benzene rings is 2. The van der Waals surface area contributed by atoms with Crippen molar-refractivity contribution in [3.8, 4) is 0 Å². The van der Waals surface area contributed by atoms with Crippen LogP contribution in [0.25, 0.3) is 0 Å². The van der Waals surface area contributed by atoms with E-state index in [1.165, 1.54) is 12.1 Å². The van der Waals surface area contributed by atoms with E-state index in [2.05, 4.69) is 0 Å². The SMILES string of the molecule is CC(C)(C)OC(=O)[C@@](F)(SCc1ccccc1)C(=O)c1ccccc1. The Balaban J connectivity index is 2.29. The van der Waals surface area contributed by atoms with E-state index in [0.717, 1.165) is 5.56 Å². The molecule has 2 aromatic carbocycles. The second-order valence-electron chi connectivity index (χ2n) is 6.57. The highest BCUT2D eigenvalue weighted by Gasteiger charge is 2.50. The van der Waals surface area contributed by atoms with E-state index in [0.29, 0.717) is 11.8 Å². The van der Waals surface area contributed by atoms with Crippen molar-refractivity contribution >= 4 is 23.5 Å². The molecule has 5 heteroatoms. The van der Waals surface area contributed by atoms with Gasteiger partial charge in [-0.3, -0.25) is 4.79 Å². The van der Waals surface area contributed by atoms with Gasteiger partial charge < -0.3 is 4.74 Å². The lowest BCUT2D eigenvalue weighted by Crippen LogP contribution is -2.44. The summed E-state index contributed by atoms with van der Waals surface area (Å²) in [6, 6.07) is 17.1. The summed E-state index contributed by atoms with van der Waals surface area (Å²) in [4.78, 5) is 25.2. The predicted molar refractivity (Wildman–Crippen MR) is 98.2 cm³/mol. The van der Waals surface area contributed by atoms with Crippen molar-refractivity contribution in [1.82, 2.24) is 0 Å². The van der Waals surface area contributed by atoms with E-state index in [1.807, 2.05) is 30.3 Å². The minimum atomic E-state index is -2.80. The summed E-state index contributed by atoms with van der Waals surface area (Å²) >= 11 is 0.638. The van der Waals surface area contributed by atoms with Gasteiger partial charge in [0.05, 0.1) is 0 Å². The van der Waals surface area contributed by atoms with Crippen LogP contribution in [-0.2, 0) is 15.3 Å². The van der Waals surface area contributed by atoms with Gasteiger partial charge in [-0.25, -0.2) is 9.18 Å². The van der Waals surface area contributed by atoms with Gasteiger partial charge in [-0.15, -0.1) is 0 Å². The van der Waals surface area contributed by atoms with Crippen LogP contribution in [0.1, 0.15) is 36.7 Å². The maximum absolute atomic E-state index is 15.6. The number of ketones is 1. The Morgan fingerprint density at radius 1 is 0.960 bits per heavy atom. The zero-order valence-electron chi connectivity index (χ0n) is 14.5.